The van der Waals surface area contributed by atoms with Crippen molar-refractivity contribution in [1.29, 1.82) is 0 Å². The molecule has 0 fully saturated rings. The van der Waals surface area contributed by atoms with Crippen LogP contribution in [-0.2, 0) is 4.74 Å². The number of aliphatic hydroxyl groups is 1. The number of anilines is 1. The quantitative estimate of drug-likeness (QED) is 0.535. The second-order valence-corrected chi connectivity index (χ2v) is 7.46. The molecule has 2 aromatic rings. The summed E-state index contributed by atoms with van der Waals surface area (Å²) in [6.07, 6.45) is -0.949. The molecule has 0 saturated heterocycles. The Morgan fingerprint density at radius 1 is 1.26 bits per heavy atom. The van der Waals surface area contributed by atoms with Crippen LogP contribution in [0.3, 0.4) is 0 Å². The molecule has 8 heteroatoms. The lowest BCUT2D eigenvalue weighted by molar-refractivity contribution is 0.0652. The minimum absolute atomic E-state index is 0.0427. The third kappa shape index (κ3) is 4.75. The van der Waals surface area contributed by atoms with Crippen molar-refractivity contribution in [3.8, 4) is 17.2 Å². The predicted molar refractivity (Wildman–Crippen MR) is 107 cm³/mol. The highest BCUT2D eigenvalue weighted by Crippen LogP contribution is 2.36. The highest BCUT2D eigenvalue weighted by molar-refractivity contribution is 14.1. The van der Waals surface area contributed by atoms with Gasteiger partial charge >= 0.3 is 6.09 Å². The van der Waals surface area contributed by atoms with Gasteiger partial charge in [0.1, 0.15) is 11.9 Å². The van der Waals surface area contributed by atoms with E-state index in [0.717, 1.165) is 3.57 Å². The number of phenolic OH excluding ortho intramolecular Hbond substituents is 1. The summed E-state index contributed by atoms with van der Waals surface area (Å²) in [4.78, 5) is 12.4. The van der Waals surface area contributed by atoms with Crippen molar-refractivity contribution in [2.45, 2.75) is 19.4 Å². The van der Waals surface area contributed by atoms with Crippen LogP contribution < -0.4 is 14.8 Å². The molecule has 0 radical (unpaired) electrons. The molecule has 0 aromatic heterocycles. The number of halogens is 1. The summed E-state index contributed by atoms with van der Waals surface area (Å²) in [5, 5.41) is 22.2. The van der Waals surface area contributed by atoms with E-state index in [0.29, 0.717) is 29.2 Å². The maximum Gasteiger partial charge on any atom is 0.412 e. The zero-order valence-electron chi connectivity index (χ0n) is 14.6. The molecule has 0 unspecified atom stereocenters. The van der Waals surface area contributed by atoms with Gasteiger partial charge in [-0.1, -0.05) is 6.92 Å². The maximum absolute atomic E-state index is 12.4. The first-order valence-corrected chi connectivity index (χ1v) is 9.52. The summed E-state index contributed by atoms with van der Waals surface area (Å²) in [6.45, 7) is 1.96. The highest BCUT2D eigenvalue weighted by atomic mass is 127. The Kier molecular flexibility index (Phi) is 6.27. The third-order valence-corrected chi connectivity index (χ3v) is 4.92. The highest BCUT2D eigenvalue weighted by Gasteiger charge is 2.26. The van der Waals surface area contributed by atoms with Crippen molar-refractivity contribution in [3.63, 3.8) is 0 Å². The van der Waals surface area contributed by atoms with Crippen LogP contribution in [0.2, 0.25) is 0 Å². The van der Waals surface area contributed by atoms with Crippen LogP contribution in [0.15, 0.2) is 36.4 Å². The van der Waals surface area contributed by atoms with E-state index in [1.807, 2.05) is 6.92 Å². The lowest BCUT2D eigenvalue weighted by Gasteiger charge is -2.25. The van der Waals surface area contributed by atoms with Crippen LogP contribution in [0.25, 0.3) is 0 Å². The summed E-state index contributed by atoms with van der Waals surface area (Å²) >= 11 is 2.13. The van der Waals surface area contributed by atoms with Crippen LogP contribution >= 0.6 is 22.6 Å². The predicted octanol–water partition coefficient (Wildman–Crippen LogP) is 4.03. The molecular weight excluding hydrogens is 465 g/mol. The van der Waals surface area contributed by atoms with Crippen LogP contribution in [0.5, 0.6) is 17.2 Å². The molecule has 2 atom stereocenters. The largest absolute Gasteiger partial charge is 0.508 e. The number of carbonyl (C=O) groups excluding carboxylic acids is 1. The standard InChI is InChI=1S/C19H20INO6/c1-11(6-7-22)18(14-8-12(20)2-4-15(14)23)27-19(24)21-13-3-5-16-17(9-13)26-10-25-16/h2-5,8-9,11,18,22-23H,6-7,10H2,1H3,(H,21,24)/t11-,18+/m1/s1. The fourth-order valence-electron chi connectivity index (χ4n) is 2.83. The van der Waals surface area contributed by atoms with Gasteiger partial charge in [0.15, 0.2) is 11.5 Å². The normalized spacial score (nSPS) is 14.5. The minimum Gasteiger partial charge on any atom is -0.508 e. The van der Waals surface area contributed by atoms with E-state index in [4.69, 9.17) is 14.2 Å². The zero-order valence-corrected chi connectivity index (χ0v) is 16.8. The Morgan fingerprint density at radius 2 is 2.04 bits per heavy atom. The van der Waals surface area contributed by atoms with Crippen LogP contribution in [0, 0.1) is 9.49 Å². The van der Waals surface area contributed by atoms with Gasteiger partial charge in [-0.05, 0) is 65.3 Å². The van der Waals surface area contributed by atoms with Crippen molar-refractivity contribution in [2.75, 3.05) is 18.7 Å². The fourth-order valence-corrected chi connectivity index (χ4v) is 3.35. The smallest absolute Gasteiger partial charge is 0.412 e. The average Bonchev–Trinajstić information content (AvgIpc) is 3.10. The number of phenols is 1. The molecule has 2 aromatic carbocycles. The Hall–Kier alpha value is -2.20. The molecule has 3 N–H and O–H groups in total. The van der Waals surface area contributed by atoms with E-state index in [-0.39, 0.29) is 25.1 Å². The number of amides is 1. The number of carbonyl (C=O) groups is 1. The molecule has 1 amide bonds. The summed E-state index contributed by atoms with van der Waals surface area (Å²) in [6, 6.07) is 10.1. The van der Waals surface area contributed by atoms with Gasteiger partial charge in [0.25, 0.3) is 0 Å². The Balaban J connectivity index is 1.77. The third-order valence-electron chi connectivity index (χ3n) is 4.25. The SMILES string of the molecule is C[C@H](CCO)[C@H](OC(=O)Nc1ccc2c(c1)OCO2)c1cc(I)ccc1O. The van der Waals surface area contributed by atoms with Gasteiger partial charge in [-0.3, -0.25) is 5.32 Å². The lowest BCUT2D eigenvalue weighted by atomic mass is 9.94. The molecule has 144 valence electrons. The fraction of sp³-hybridized carbons (Fsp3) is 0.316. The molecule has 7 nitrogen and oxygen atoms in total. The van der Waals surface area contributed by atoms with Gasteiger partial charge in [0.05, 0.1) is 0 Å². The lowest BCUT2D eigenvalue weighted by Crippen LogP contribution is -2.22. The zero-order chi connectivity index (χ0) is 19.4. The van der Waals surface area contributed by atoms with Crippen LogP contribution in [0.1, 0.15) is 25.0 Å². The first-order chi connectivity index (χ1) is 13.0. The molecule has 1 aliphatic heterocycles. The number of fused-ring (bicyclic) bond motifs is 1. The summed E-state index contributed by atoms with van der Waals surface area (Å²) in [7, 11) is 0. The minimum atomic E-state index is -0.708. The summed E-state index contributed by atoms with van der Waals surface area (Å²) in [5.74, 6) is 1.02. The molecule has 1 heterocycles. The number of benzene rings is 2. The number of ether oxygens (including phenoxy) is 3. The van der Waals surface area contributed by atoms with Crippen molar-refractivity contribution >= 4 is 34.4 Å². The molecule has 27 heavy (non-hydrogen) atoms. The summed E-state index contributed by atoms with van der Waals surface area (Å²) < 4.78 is 17.1. The van der Waals surface area contributed by atoms with Gasteiger partial charge < -0.3 is 24.4 Å². The van der Waals surface area contributed by atoms with Crippen molar-refractivity contribution in [1.82, 2.24) is 0 Å². The van der Waals surface area contributed by atoms with E-state index in [1.165, 1.54) is 0 Å². The summed E-state index contributed by atoms with van der Waals surface area (Å²) in [5.41, 5.74) is 1.01. The first-order valence-electron chi connectivity index (χ1n) is 8.44. The van der Waals surface area contributed by atoms with Gasteiger partial charge in [-0.25, -0.2) is 4.79 Å². The van der Waals surface area contributed by atoms with E-state index in [2.05, 4.69) is 27.9 Å². The molecule has 0 aliphatic carbocycles. The van der Waals surface area contributed by atoms with Gasteiger partial charge in [-0.15, -0.1) is 0 Å². The van der Waals surface area contributed by atoms with E-state index >= 15 is 0 Å². The Morgan fingerprint density at radius 3 is 2.81 bits per heavy atom. The number of aromatic hydroxyl groups is 1. The number of hydrogen-bond acceptors (Lipinski definition) is 6. The number of aliphatic hydroxyl groups excluding tert-OH is 1. The van der Waals surface area contributed by atoms with Crippen LogP contribution in [-0.4, -0.2) is 29.7 Å². The topological polar surface area (TPSA) is 97.3 Å². The van der Waals surface area contributed by atoms with Gasteiger partial charge in [0, 0.05) is 27.5 Å². The van der Waals surface area contributed by atoms with Gasteiger partial charge in [0.2, 0.25) is 6.79 Å². The number of rotatable bonds is 6. The van der Waals surface area contributed by atoms with E-state index < -0.39 is 12.2 Å². The maximum atomic E-state index is 12.4. The molecule has 0 spiro atoms. The molecule has 0 saturated carbocycles. The Bertz CT molecular complexity index is 828. The van der Waals surface area contributed by atoms with E-state index in [1.54, 1.807) is 36.4 Å². The second kappa shape index (κ2) is 8.66. The number of hydrogen-bond donors (Lipinski definition) is 3. The van der Waals surface area contributed by atoms with Crippen molar-refractivity contribution in [3.05, 3.63) is 45.5 Å². The molecular formula is C19H20INO6. The number of nitrogens with one attached hydrogen (secondary N) is 1. The molecule has 3 rings (SSSR count). The van der Waals surface area contributed by atoms with E-state index in [9.17, 15) is 15.0 Å². The first kappa shape index (κ1) is 19.6. The molecule has 1 aliphatic rings. The second-order valence-electron chi connectivity index (χ2n) is 6.21. The monoisotopic (exact) mass is 485 g/mol. The van der Waals surface area contributed by atoms with Crippen molar-refractivity contribution in [2.24, 2.45) is 5.92 Å². The van der Waals surface area contributed by atoms with Crippen LogP contribution in [0.4, 0.5) is 10.5 Å². The molecule has 0 bridgehead atoms. The Labute approximate surface area is 170 Å². The average molecular weight is 485 g/mol. The van der Waals surface area contributed by atoms with Crippen molar-refractivity contribution < 1.29 is 29.2 Å². The van der Waals surface area contributed by atoms with Gasteiger partial charge in [-0.2, -0.15) is 0 Å².